The number of halogens is 4. The topological polar surface area (TPSA) is 108 Å². The number of hydrogen-bond donors (Lipinski definition) is 1. The molecule has 3 aromatic carbocycles. The fourth-order valence-corrected chi connectivity index (χ4v) is 5.80. The van der Waals surface area contributed by atoms with E-state index in [1.807, 2.05) is 18.7 Å². The number of benzene rings is 3. The molecule has 0 radical (unpaired) electrons. The van der Waals surface area contributed by atoms with E-state index < -0.39 is 18.3 Å². The molecule has 1 aromatic heterocycles. The first-order valence-electron chi connectivity index (χ1n) is 14.3. The molecular formula is C32H29F4N7O2S. The lowest BCUT2D eigenvalue weighted by molar-refractivity contribution is -0.274. The molecule has 0 saturated carbocycles. The van der Waals surface area contributed by atoms with Crippen molar-refractivity contribution >= 4 is 28.6 Å². The Morgan fingerprint density at radius 3 is 2.54 bits per heavy atom. The van der Waals surface area contributed by atoms with Crippen molar-refractivity contribution in [3.8, 4) is 28.9 Å². The highest BCUT2D eigenvalue weighted by Crippen LogP contribution is 2.33. The van der Waals surface area contributed by atoms with Gasteiger partial charge in [-0.3, -0.25) is 0 Å². The zero-order valence-electron chi connectivity index (χ0n) is 24.8. The van der Waals surface area contributed by atoms with E-state index in [0.29, 0.717) is 34.4 Å². The van der Waals surface area contributed by atoms with Gasteiger partial charge in [-0.05, 0) is 65.9 Å². The summed E-state index contributed by atoms with van der Waals surface area (Å²) in [5.41, 5.74) is 3.46. The number of urea groups is 1. The maximum absolute atomic E-state index is 14.0. The second kappa shape index (κ2) is 14.0. The Balaban J connectivity index is 1.22. The zero-order valence-corrected chi connectivity index (χ0v) is 25.6. The molecule has 238 valence electrons. The molecule has 1 saturated heterocycles. The van der Waals surface area contributed by atoms with Crippen molar-refractivity contribution in [1.82, 2.24) is 20.1 Å². The van der Waals surface area contributed by atoms with Gasteiger partial charge < -0.3 is 15.0 Å². The first kappa shape index (κ1) is 32.5. The number of thioether (sulfide) groups is 1. The van der Waals surface area contributed by atoms with Crippen LogP contribution in [0.1, 0.15) is 43.2 Å². The van der Waals surface area contributed by atoms with E-state index in [1.165, 1.54) is 59.2 Å². The molecule has 1 aliphatic heterocycles. The van der Waals surface area contributed by atoms with E-state index in [1.54, 1.807) is 30.3 Å². The van der Waals surface area contributed by atoms with E-state index in [-0.39, 0.29) is 24.0 Å². The number of nitriles is 1. The van der Waals surface area contributed by atoms with Crippen molar-refractivity contribution in [1.29, 1.82) is 5.26 Å². The fraction of sp³-hybridized carbons (Fsp3) is 0.281. The minimum Gasteiger partial charge on any atom is -0.406 e. The Bertz CT molecular complexity index is 1750. The normalized spacial score (nSPS) is 15.1. The van der Waals surface area contributed by atoms with Gasteiger partial charge in [-0.1, -0.05) is 49.9 Å². The third-order valence-electron chi connectivity index (χ3n) is 7.10. The van der Waals surface area contributed by atoms with Crippen LogP contribution >= 0.6 is 11.8 Å². The van der Waals surface area contributed by atoms with E-state index in [4.69, 9.17) is 0 Å². The smallest absolute Gasteiger partial charge is 0.406 e. The molecule has 1 unspecified atom stereocenters. The quantitative estimate of drug-likeness (QED) is 0.198. The predicted octanol–water partition coefficient (Wildman–Crippen LogP) is 7.41. The number of nitrogens with one attached hydrogen (secondary N) is 1. The van der Waals surface area contributed by atoms with E-state index >= 15 is 0 Å². The van der Waals surface area contributed by atoms with Crippen LogP contribution in [-0.4, -0.2) is 51.2 Å². The Kier molecular flexibility index (Phi) is 9.91. The number of alkyl halides is 3. The summed E-state index contributed by atoms with van der Waals surface area (Å²) in [4.78, 5) is 23.4. The summed E-state index contributed by atoms with van der Waals surface area (Å²) in [5, 5.41) is 17.5. The lowest BCUT2D eigenvalue weighted by atomic mass is 9.99. The number of ether oxygens (including phenoxy) is 1. The number of aromatic nitrogens is 3. The molecule has 2 heterocycles. The first-order valence-corrected chi connectivity index (χ1v) is 15.3. The summed E-state index contributed by atoms with van der Waals surface area (Å²) in [7, 11) is 0. The minimum atomic E-state index is -4.78. The molecule has 1 atom stereocenters. The Morgan fingerprint density at radius 1 is 1.13 bits per heavy atom. The molecule has 5 rings (SSSR count). The number of carbonyl (C=O) groups excluding carboxylic acids is 1. The molecular weight excluding hydrogens is 622 g/mol. The van der Waals surface area contributed by atoms with Gasteiger partial charge in [0.05, 0.1) is 17.7 Å². The molecule has 1 fully saturated rings. The maximum Gasteiger partial charge on any atom is 0.573 e. The second-order valence-electron chi connectivity index (χ2n) is 10.7. The van der Waals surface area contributed by atoms with Gasteiger partial charge in [0.2, 0.25) is 0 Å². The van der Waals surface area contributed by atoms with Crippen LogP contribution in [0.25, 0.3) is 17.1 Å². The van der Waals surface area contributed by atoms with Gasteiger partial charge in [0, 0.05) is 30.1 Å². The highest BCUT2D eigenvalue weighted by molar-refractivity contribution is 8.14. The molecule has 0 spiro atoms. The Labute approximate surface area is 266 Å². The fourth-order valence-electron chi connectivity index (χ4n) is 4.85. The van der Waals surface area contributed by atoms with E-state index in [2.05, 4.69) is 31.2 Å². The molecule has 14 heteroatoms. The summed E-state index contributed by atoms with van der Waals surface area (Å²) in [5.74, 6) is -0.0732. The Morgan fingerprint density at radius 2 is 1.87 bits per heavy atom. The van der Waals surface area contributed by atoms with E-state index in [0.717, 1.165) is 23.4 Å². The van der Waals surface area contributed by atoms with Crippen LogP contribution in [0.3, 0.4) is 0 Å². The van der Waals surface area contributed by atoms with Gasteiger partial charge in [0.15, 0.2) is 11.0 Å². The summed E-state index contributed by atoms with van der Waals surface area (Å²) >= 11 is 1.45. The molecule has 2 amide bonds. The van der Waals surface area contributed by atoms with Crippen molar-refractivity contribution in [2.45, 2.75) is 38.5 Å². The standard InChI is InChI=1S/C32H29F4N7O2S/c1-20(2)27-16-24(33)8-13-28(27)42-14-3-15-46-31(42)40-30(44)38-18-23(17-37)21-4-6-22(7-5-21)29-39-19-43(41-29)25-9-11-26(12-10-25)45-32(34,35)36/h4-13,16,19-20,23H,3,14-15,18H2,1-2H3,(H,38,44)/b40-31-. The minimum absolute atomic E-state index is 0.0326. The summed E-state index contributed by atoms with van der Waals surface area (Å²) in [6.07, 6.45) is -2.46. The number of nitrogens with zero attached hydrogens (tertiary/aromatic N) is 6. The zero-order chi connectivity index (χ0) is 32.8. The molecule has 1 N–H and O–H groups in total. The molecule has 0 bridgehead atoms. The van der Waals surface area contributed by atoms with Crippen LogP contribution in [0.2, 0.25) is 0 Å². The van der Waals surface area contributed by atoms with Gasteiger partial charge in [0.1, 0.15) is 17.9 Å². The summed E-state index contributed by atoms with van der Waals surface area (Å²) < 4.78 is 56.6. The number of rotatable bonds is 8. The van der Waals surface area contributed by atoms with Crippen molar-refractivity contribution < 1.29 is 27.1 Å². The lowest BCUT2D eigenvalue weighted by Gasteiger charge is -2.32. The number of aliphatic imine (C=N–C) groups is 1. The van der Waals surface area contributed by atoms with Crippen molar-refractivity contribution in [2.24, 2.45) is 4.99 Å². The SMILES string of the molecule is CC(C)c1cc(F)ccc1N1CCCS/C1=N\C(=O)NCC(C#N)c1ccc(-c2ncn(-c3ccc(OC(F)(F)F)cc3)n2)cc1. The number of amides is 2. The van der Waals surface area contributed by atoms with Gasteiger partial charge in [-0.15, -0.1) is 18.3 Å². The first-order chi connectivity index (χ1) is 22.0. The lowest BCUT2D eigenvalue weighted by Crippen LogP contribution is -2.37. The van der Waals surface area contributed by atoms with Gasteiger partial charge in [-0.25, -0.2) is 18.9 Å². The summed E-state index contributed by atoms with van der Waals surface area (Å²) in [6.45, 7) is 4.65. The molecule has 4 aromatic rings. The number of hydrogen-bond acceptors (Lipinski definition) is 6. The van der Waals surface area contributed by atoms with Crippen molar-refractivity contribution in [2.75, 3.05) is 23.7 Å². The number of anilines is 1. The van der Waals surface area contributed by atoms with Crippen LogP contribution in [0.5, 0.6) is 5.75 Å². The maximum atomic E-state index is 14.0. The molecule has 46 heavy (non-hydrogen) atoms. The second-order valence-corrected chi connectivity index (χ2v) is 11.7. The van der Waals surface area contributed by atoms with Crippen LogP contribution in [0.4, 0.5) is 28.0 Å². The van der Waals surface area contributed by atoms with Crippen LogP contribution in [0, 0.1) is 17.1 Å². The molecule has 1 aliphatic rings. The van der Waals surface area contributed by atoms with Crippen LogP contribution in [-0.2, 0) is 0 Å². The largest absolute Gasteiger partial charge is 0.573 e. The van der Waals surface area contributed by atoms with Crippen LogP contribution in [0.15, 0.2) is 78.0 Å². The van der Waals surface area contributed by atoms with Gasteiger partial charge in [-0.2, -0.15) is 10.3 Å². The predicted molar refractivity (Wildman–Crippen MR) is 168 cm³/mol. The number of amidine groups is 1. The van der Waals surface area contributed by atoms with Gasteiger partial charge >= 0.3 is 12.4 Å². The van der Waals surface area contributed by atoms with Crippen molar-refractivity contribution in [3.63, 3.8) is 0 Å². The average Bonchev–Trinajstić information content (AvgIpc) is 3.52. The monoisotopic (exact) mass is 651 g/mol. The van der Waals surface area contributed by atoms with E-state index in [9.17, 15) is 27.6 Å². The number of carbonyl (C=O) groups is 1. The van der Waals surface area contributed by atoms with Crippen molar-refractivity contribution in [3.05, 3.63) is 90.0 Å². The van der Waals surface area contributed by atoms with Crippen LogP contribution < -0.4 is 15.0 Å². The van der Waals surface area contributed by atoms with Gasteiger partial charge in [0.25, 0.3) is 0 Å². The molecule has 0 aliphatic carbocycles. The highest BCUT2D eigenvalue weighted by Gasteiger charge is 2.31. The third-order valence-corrected chi connectivity index (χ3v) is 8.16. The highest BCUT2D eigenvalue weighted by atomic mass is 32.2. The summed E-state index contributed by atoms with van der Waals surface area (Å²) in [6, 6.07) is 18.5. The molecule has 9 nitrogen and oxygen atoms in total. The average molecular weight is 652 g/mol. The third kappa shape index (κ3) is 8.02. The Hall–Kier alpha value is -4.90.